The molecule has 0 saturated carbocycles. The van der Waals surface area contributed by atoms with E-state index >= 15 is 0 Å². The lowest BCUT2D eigenvalue weighted by Crippen LogP contribution is -2.24. The predicted octanol–water partition coefficient (Wildman–Crippen LogP) is 1.05. The van der Waals surface area contributed by atoms with Gasteiger partial charge in [-0.15, -0.1) is 0 Å². The zero-order valence-electron chi connectivity index (χ0n) is 11.6. The molecule has 0 fully saturated rings. The summed E-state index contributed by atoms with van der Waals surface area (Å²) in [5.74, 6) is -0.319. The van der Waals surface area contributed by atoms with E-state index < -0.39 is 10.0 Å². The summed E-state index contributed by atoms with van der Waals surface area (Å²) in [5.41, 5.74) is 5.62. The molecule has 0 aliphatic heterocycles. The van der Waals surface area contributed by atoms with Gasteiger partial charge in [0.15, 0.2) is 0 Å². The van der Waals surface area contributed by atoms with Crippen LogP contribution in [-0.4, -0.2) is 27.4 Å². The van der Waals surface area contributed by atoms with Crippen molar-refractivity contribution in [1.29, 1.82) is 0 Å². The molecule has 0 spiro atoms. The number of para-hydroxylation sites is 1. The van der Waals surface area contributed by atoms with Crippen LogP contribution in [-0.2, 0) is 14.8 Å². The van der Waals surface area contributed by atoms with E-state index in [1.807, 2.05) is 0 Å². The highest BCUT2D eigenvalue weighted by Crippen LogP contribution is 2.20. The first-order valence-corrected chi connectivity index (χ1v) is 8.06. The second-order valence-corrected chi connectivity index (χ2v) is 6.08. The highest BCUT2D eigenvalue weighted by molar-refractivity contribution is 7.89. The molecule has 0 aliphatic carbocycles. The SMILES string of the molecule is CCNS(=O)(=O)c1ccccc1NCCCCC(N)=O. The molecule has 0 radical (unpaired) electrons. The standard InChI is InChI=1S/C13H21N3O3S/c1-2-16-20(18,19)12-8-4-3-7-11(12)15-10-6-5-9-13(14)17/h3-4,7-8,15-16H,2,5-6,9-10H2,1H3,(H2,14,17). The molecule has 1 aromatic carbocycles. The maximum Gasteiger partial charge on any atom is 0.242 e. The van der Waals surface area contributed by atoms with Crippen molar-refractivity contribution in [1.82, 2.24) is 4.72 Å². The van der Waals surface area contributed by atoms with Crippen molar-refractivity contribution in [2.45, 2.75) is 31.1 Å². The highest BCUT2D eigenvalue weighted by Gasteiger charge is 2.16. The number of hydrogen-bond acceptors (Lipinski definition) is 4. The van der Waals surface area contributed by atoms with Crippen LogP contribution >= 0.6 is 0 Å². The minimum absolute atomic E-state index is 0.233. The Balaban J connectivity index is 2.65. The monoisotopic (exact) mass is 299 g/mol. The number of nitrogens with two attached hydrogens (primary N) is 1. The normalized spacial score (nSPS) is 11.2. The molecule has 0 atom stereocenters. The number of carbonyl (C=O) groups is 1. The Bertz CT molecular complexity index is 544. The molecule has 0 bridgehead atoms. The third-order valence-electron chi connectivity index (χ3n) is 2.68. The molecule has 0 heterocycles. The molecule has 1 amide bonds. The molecule has 20 heavy (non-hydrogen) atoms. The van der Waals surface area contributed by atoms with Crippen LogP contribution in [0.25, 0.3) is 0 Å². The molecule has 112 valence electrons. The van der Waals surface area contributed by atoms with Gasteiger partial charge in [0, 0.05) is 19.5 Å². The van der Waals surface area contributed by atoms with Crippen molar-refractivity contribution >= 4 is 21.6 Å². The van der Waals surface area contributed by atoms with Gasteiger partial charge in [-0.2, -0.15) is 0 Å². The minimum atomic E-state index is -3.48. The number of primary amides is 1. The molecule has 1 rings (SSSR count). The molecule has 0 saturated heterocycles. The lowest BCUT2D eigenvalue weighted by atomic mass is 10.2. The Kier molecular flexibility index (Phi) is 6.47. The summed E-state index contributed by atoms with van der Waals surface area (Å²) in [4.78, 5) is 10.8. The maximum atomic E-state index is 12.0. The van der Waals surface area contributed by atoms with Crippen LogP contribution in [0.15, 0.2) is 29.2 Å². The molecular formula is C13H21N3O3S. The Morgan fingerprint density at radius 3 is 2.60 bits per heavy atom. The van der Waals surface area contributed by atoms with Crippen LogP contribution in [0.4, 0.5) is 5.69 Å². The molecule has 0 aromatic heterocycles. The Hall–Kier alpha value is -1.60. The smallest absolute Gasteiger partial charge is 0.242 e. The summed E-state index contributed by atoms with van der Waals surface area (Å²) in [6.07, 6.45) is 1.78. The van der Waals surface area contributed by atoms with Crippen LogP contribution in [0.2, 0.25) is 0 Å². The number of carbonyl (C=O) groups excluding carboxylic acids is 1. The largest absolute Gasteiger partial charge is 0.384 e. The average molecular weight is 299 g/mol. The summed E-state index contributed by atoms with van der Waals surface area (Å²) in [6.45, 7) is 2.67. The maximum absolute atomic E-state index is 12.0. The van der Waals surface area contributed by atoms with E-state index in [-0.39, 0.29) is 10.8 Å². The van der Waals surface area contributed by atoms with Crippen LogP contribution in [0.5, 0.6) is 0 Å². The molecule has 0 unspecified atom stereocenters. The fraction of sp³-hybridized carbons (Fsp3) is 0.462. The van der Waals surface area contributed by atoms with Gasteiger partial charge in [-0.05, 0) is 25.0 Å². The average Bonchev–Trinajstić information content (AvgIpc) is 2.38. The Labute approximate surface area is 119 Å². The van der Waals surface area contributed by atoms with Crippen molar-refractivity contribution in [3.05, 3.63) is 24.3 Å². The Morgan fingerprint density at radius 1 is 1.25 bits per heavy atom. The fourth-order valence-electron chi connectivity index (χ4n) is 1.76. The number of rotatable bonds is 9. The summed E-state index contributed by atoms with van der Waals surface area (Å²) in [6, 6.07) is 6.74. The number of nitrogens with one attached hydrogen (secondary N) is 2. The first-order chi connectivity index (χ1) is 9.47. The highest BCUT2D eigenvalue weighted by atomic mass is 32.2. The van der Waals surface area contributed by atoms with E-state index in [9.17, 15) is 13.2 Å². The number of sulfonamides is 1. The second-order valence-electron chi connectivity index (χ2n) is 4.35. The topological polar surface area (TPSA) is 101 Å². The van der Waals surface area contributed by atoms with Gasteiger partial charge in [0.05, 0.1) is 5.69 Å². The predicted molar refractivity (Wildman–Crippen MR) is 78.8 cm³/mol. The zero-order valence-corrected chi connectivity index (χ0v) is 12.4. The van der Waals surface area contributed by atoms with Gasteiger partial charge < -0.3 is 11.1 Å². The van der Waals surface area contributed by atoms with E-state index in [1.54, 1.807) is 31.2 Å². The lowest BCUT2D eigenvalue weighted by Gasteiger charge is -2.12. The number of benzene rings is 1. The van der Waals surface area contributed by atoms with Crippen molar-refractivity contribution < 1.29 is 13.2 Å². The molecule has 4 N–H and O–H groups in total. The second kappa shape index (κ2) is 7.86. The third kappa shape index (κ3) is 5.18. The van der Waals surface area contributed by atoms with Gasteiger partial charge in [-0.25, -0.2) is 13.1 Å². The number of amides is 1. The molecule has 1 aromatic rings. The van der Waals surface area contributed by atoms with Crippen LogP contribution < -0.4 is 15.8 Å². The van der Waals surface area contributed by atoms with Gasteiger partial charge in [-0.1, -0.05) is 19.1 Å². The van der Waals surface area contributed by atoms with Crippen LogP contribution in [0.3, 0.4) is 0 Å². The van der Waals surface area contributed by atoms with Crippen LogP contribution in [0, 0.1) is 0 Å². The fourth-order valence-corrected chi connectivity index (χ4v) is 2.99. The quantitative estimate of drug-likeness (QED) is 0.593. The van der Waals surface area contributed by atoms with Gasteiger partial charge in [-0.3, -0.25) is 4.79 Å². The number of unbranched alkanes of at least 4 members (excludes halogenated alkanes) is 1. The van der Waals surface area contributed by atoms with E-state index in [0.717, 1.165) is 6.42 Å². The number of anilines is 1. The van der Waals surface area contributed by atoms with E-state index in [1.165, 1.54) is 0 Å². The molecular weight excluding hydrogens is 278 g/mol. The first-order valence-electron chi connectivity index (χ1n) is 6.58. The lowest BCUT2D eigenvalue weighted by molar-refractivity contribution is -0.118. The summed E-state index contributed by atoms with van der Waals surface area (Å²) in [7, 11) is -3.48. The van der Waals surface area contributed by atoms with Gasteiger partial charge in [0.2, 0.25) is 15.9 Å². The summed E-state index contributed by atoms with van der Waals surface area (Å²) < 4.78 is 26.5. The van der Waals surface area contributed by atoms with Gasteiger partial charge in [0.1, 0.15) is 4.90 Å². The van der Waals surface area contributed by atoms with Crippen molar-refractivity contribution in [2.24, 2.45) is 5.73 Å². The summed E-state index contributed by atoms with van der Waals surface area (Å²) >= 11 is 0. The molecule has 7 heteroatoms. The van der Waals surface area contributed by atoms with Crippen molar-refractivity contribution in [3.8, 4) is 0 Å². The van der Waals surface area contributed by atoms with Crippen molar-refractivity contribution in [2.75, 3.05) is 18.4 Å². The van der Waals surface area contributed by atoms with E-state index in [4.69, 9.17) is 5.73 Å². The van der Waals surface area contributed by atoms with Crippen molar-refractivity contribution in [3.63, 3.8) is 0 Å². The molecule has 0 aliphatic rings. The van der Waals surface area contributed by atoms with E-state index in [0.29, 0.717) is 31.6 Å². The summed E-state index contributed by atoms with van der Waals surface area (Å²) in [5, 5.41) is 3.08. The Morgan fingerprint density at radius 2 is 1.95 bits per heavy atom. The molecule has 6 nitrogen and oxygen atoms in total. The van der Waals surface area contributed by atoms with Gasteiger partial charge >= 0.3 is 0 Å². The van der Waals surface area contributed by atoms with Gasteiger partial charge in [0.25, 0.3) is 0 Å². The number of hydrogen-bond donors (Lipinski definition) is 3. The minimum Gasteiger partial charge on any atom is -0.384 e. The third-order valence-corrected chi connectivity index (χ3v) is 4.28. The van der Waals surface area contributed by atoms with E-state index in [2.05, 4.69) is 10.0 Å². The zero-order chi connectivity index (χ0) is 15.0. The van der Waals surface area contributed by atoms with Crippen LogP contribution in [0.1, 0.15) is 26.2 Å². The first kappa shape index (κ1) is 16.5.